The largest absolute Gasteiger partial charge is 0.316 e. The second-order valence-electron chi connectivity index (χ2n) is 5.97. The van der Waals surface area contributed by atoms with Gasteiger partial charge in [0.2, 0.25) is 5.91 Å². The van der Waals surface area contributed by atoms with E-state index in [1.54, 1.807) is 17.0 Å². The van der Waals surface area contributed by atoms with E-state index in [0.717, 1.165) is 26.2 Å². The van der Waals surface area contributed by atoms with Gasteiger partial charge in [-0.15, -0.1) is 12.4 Å². The maximum absolute atomic E-state index is 13.3. The van der Waals surface area contributed by atoms with Crippen LogP contribution in [0.15, 0.2) is 24.3 Å². The van der Waals surface area contributed by atoms with E-state index in [1.807, 2.05) is 0 Å². The molecule has 0 aromatic heterocycles. The number of carbonyl (C=O) groups excluding carboxylic acids is 1. The predicted octanol–water partition coefficient (Wildman–Crippen LogP) is 1.90. The van der Waals surface area contributed by atoms with E-state index < -0.39 is 0 Å². The maximum Gasteiger partial charge on any atom is 0.241 e. The molecule has 0 spiro atoms. The summed E-state index contributed by atoms with van der Waals surface area (Å²) in [5, 5.41) is 3.41. The van der Waals surface area contributed by atoms with Crippen molar-refractivity contribution < 1.29 is 9.18 Å². The number of halogens is 2. The van der Waals surface area contributed by atoms with Gasteiger partial charge in [0, 0.05) is 25.3 Å². The molecule has 1 amide bonds. The lowest BCUT2D eigenvalue weighted by atomic mass is 9.99. The van der Waals surface area contributed by atoms with Gasteiger partial charge in [-0.2, -0.15) is 0 Å². The molecule has 2 aliphatic rings. The number of rotatable bonds is 3. The first-order valence-electron chi connectivity index (χ1n) is 7.71. The van der Waals surface area contributed by atoms with E-state index in [-0.39, 0.29) is 24.1 Å². The zero-order valence-electron chi connectivity index (χ0n) is 12.6. The molecule has 1 unspecified atom stereocenters. The summed E-state index contributed by atoms with van der Waals surface area (Å²) in [6.45, 7) is 5.09. The second-order valence-corrected chi connectivity index (χ2v) is 5.97. The number of hydrogen-bond donors (Lipinski definition) is 1. The second kappa shape index (κ2) is 7.90. The Morgan fingerprint density at radius 2 is 2.18 bits per heavy atom. The molecule has 2 heterocycles. The van der Waals surface area contributed by atoms with E-state index in [1.165, 1.54) is 25.0 Å². The van der Waals surface area contributed by atoms with Gasteiger partial charge in [-0.05, 0) is 50.0 Å². The van der Waals surface area contributed by atoms with Crippen LogP contribution in [0.3, 0.4) is 0 Å². The maximum atomic E-state index is 13.3. The van der Waals surface area contributed by atoms with Crippen LogP contribution in [0.5, 0.6) is 0 Å². The number of benzene rings is 1. The van der Waals surface area contributed by atoms with E-state index in [9.17, 15) is 9.18 Å². The number of anilines is 1. The van der Waals surface area contributed by atoms with Crippen molar-refractivity contribution in [2.75, 3.05) is 44.2 Å². The van der Waals surface area contributed by atoms with Gasteiger partial charge >= 0.3 is 0 Å². The Hall–Kier alpha value is -1.17. The van der Waals surface area contributed by atoms with Crippen molar-refractivity contribution in [2.45, 2.75) is 12.8 Å². The van der Waals surface area contributed by atoms with Crippen LogP contribution in [-0.2, 0) is 4.79 Å². The van der Waals surface area contributed by atoms with Crippen molar-refractivity contribution in [1.82, 2.24) is 10.2 Å². The zero-order chi connectivity index (χ0) is 14.7. The van der Waals surface area contributed by atoms with Crippen molar-refractivity contribution in [3.63, 3.8) is 0 Å². The first-order chi connectivity index (χ1) is 10.2. The van der Waals surface area contributed by atoms with E-state index >= 15 is 0 Å². The molecule has 122 valence electrons. The average Bonchev–Trinajstić information content (AvgIpc) is 2.48. The molecule has 1 aromatic carbocycles. The molecule has 2 saturated heterocycles. The van der Waals surface area contributed by atoms with Gasteiger partial charge in [0.25, 0.3) is 0 Å². The highest BCUT2D eigenvalue weighted by molar-refractivity contribution is 5.95. The highest BCUT2D eigenvalue weighted by Gasteiger charge is 2.27. The number of carbonyl (C=O) groups is 1. The predicted molar refractivity (Wildman–Crippen MR) is 88.0 cm³/mol. The Balaban J connectivity index is 0.00000176. The smallest absolute Gasteiger partial charge is 0.241 e. The molecule has 2 aliphatic heterocycles. The Morgan fingerprint density at radius 1 is 1.32 bits per heavy atom. The summed E-state index contributed by atoms with van der Waals surface area (Å²) < 4.78 is 13.3. The first-order valence-corrected chi connectivity index (χ1v) is 7.71. The monoisotopic (exact) mass is 327 g/mol. The number of piperidine rings is 1. The highest BCUT2D eigenvalue weighted by atomic mass is 35.5. The molecule has 1 N–H and O–H groups in total. The third kappa shape index (κ3) is 4.18. The van der Waals surface area contributed by atoms with Crippen LogP contribution < -0.4 is 10.2 Å². The lowest BCUT2D eigenvalue weighted by Gasteiger charge is -2.36. The van der Waals surface area contributed by atoms with Crippen molar-refractivity contribution >= 4 is 24.0 Å². The van der Waals surface area contributed by atoms with Gasteiger partial charge in [-0.1, -0.05) is 6.07 Å². The summed E-state index contributed by atoms with van der Waals surface area (Å²) in [4.78, 5) is 16.2. The minimum atomic E-state index is -0.295. The molecular weight excluding hydrogens is 305 g/mol. The van der Waals surface area contributed by atoms with Crippen LogP contribution in [0.1, 0.15) is 12.8 Å². The number of piperazine rings is 1. The van der Waals surface area contributed by atoms with Crippen LogP contribution in [0.4, 0.5) is 10.1 Å². The van der Waals surface area contributed by atoms with Gasteiger partial charge in [0.15, 0.2) is 0 Å². The topological polar surface area (TPSA) is 35.6 Å². The summed E-state index contributed by atoms with van der Waals surface area (Å²) in [6, 6.07) is 6.28. The van der Waals surface area contributed by atoms with Gasteiger partial charge in [0.05, 0.1) is 6.54 Å². The van der Waals surface area contributed by atoms with Gasteiger partial charge in [0.1, 0.15) is 5.82 Å². The third-order valence-electron chi connectivity index (χ3n) is 4.33. The Morgan fingerprint density at radius 3 is 2.86 bits per heavy atom. The van der Waals surface area contributed by atoms with Gasteiger partial charge < -0.3 is 10.2 Å². The number of amides is 1. The van der Waals surface area contributed by atoms with Crippen LogP contribution in [0, 0.1) is 11.7 Å². The van der Waals surface area contributed by atoms with Crippen LogP contribution in [0.2, 0.25) is 0 Å². The van der Waals surface area contributed by atoms with E-state index in [2.05, 4.69) is 10.2 Å². The zero-order valence-corrected chi connectivity index (χ0v) is 13.4. The van der Waals surface area contributed by atoms with Crippen LogP contribution in [-0.4, -0.2) is 50.1 Å². The summed E-state index contributed by atoms with van der Waals surface area (Å²) in [6.07, 6.45) is 2.47. The molecule has 4 nitrogen and oxygen atoms in total. The molecule has 2 fully saturated rings. The Kier molecular flexibility index (Phi) is 6.17. The van der Waals surface area contributed by atoms with Gasteiger partial charge in [-0.3, -0.25) is 9.69 Å². The highest BCUT2D eigenvalue weighted by Crippen LogP contribution is 2.19. The third-order valence-corrected chi connectivity index (χ3v) is 4.33. The SMILES string of the molecule is Cl.O=C1CN(CC2CCCNC2)CCN1c1cccc(F)c1. The van der Waals surface area contributed by atoms with E-state index in [4.69, 9.17) is 0 Å². The summed E-state index contributed by atoms with van der Waals surface area (Å²) in [5.74, 6) is 0.416. The van der Waals surface area contributed by atoms with Crippen molar-refractivity contribution in [3.05, 3.63) is 30.1 Å². The van der Waals surface area contributed by atoms with E-state index in [0.29, 0.717) is 24.7 Å². The summed E-state index contributed by atoms with van der Waals surface area (Å²) in [7, 11) is 0. The van der Waals surface area contributed by atoms with Crippen molar-refractivity contribution in [3.8, 4) is 0 Å². The minimum Gasteiger partial charge on any atom is -0.316 e. The van der Waals surface area contributed by atoms with Gasteiger partial charge in [-0.25, -0.2) is 4.39 Å². The lowest BCUT2D eigenvalue weighted by molar-refractivity contribution is -0.121. The Bertz CT molecular complexity index is 508. The molecular formula is C16H23ClFN3O. The molecule has 0 bridgehead atoms. The summed E-state index contributed by atoms with van der Waals surface area (Å²) in [5.41, 5.74) is 0.666. The molecule has 22 heavy (non-hydrogen) atoms. The summed E-state index contributed by atoms with van der Waals surface area (Å²) >= 11 is 0. The molecule has 1 aromatic rings. The lowest BCUT2D eigenvalue weighted by Crippen LogP contribution is -2.52. The number of nitrogens with zero attached hydrogens (tertiary/aromatic N) is 2. The average molecular weight is 328 g/mol. The quantitative estimate of drug-likeness (QED) is 0.921. The molecule has 1 atom stereocenters. The fourth-order valence-corrected chi connectivity index (χ4v) is 3.24. The number of nitrogens with one attached hydrogen (secondary N) is 1. The van der Waals surface area contributed by atoms with Crippen LogP contribution in [0.25, 0.3) is 0 Å². The Labute approximate surface area is 137 Å². The standard InChI is InChI=1S/C16H22FN3O.ClH/c17-14-4-1-5-15(9-14)20-8-7-19(12-16(20)21)11-13-3-2-6-18-10-13;/h1,4-5,9,13,18H,2-3,6-8,10-12H2;1H. The molecule has 0 saturated carbocycles. The number of hydrogen-bond acceptors (Lipinski definition) is 3. The normalized spacial score (nSPS) is 23.2. The van der Waals surface area contributed by atoms with Crippen LogP contribution >= 0.6 is 12.4 Å². The molecule has 0 aliphatic carbocycles. The molecule has 0 radical (unpaired) electrons. The first kappa shape index (κ1) is 17.2. The molecule has 3 rings (SSSR count). The molecule has 6 heteroatoms. The van der Waals surface area contributed by atoms with Crippen molar-refractivity contribution in [1.29, 1.82) is 0 Å². The minimum absolute atomic E-state index is 0. The fraction of sp³-hybridized carbons (Fsp3) is 0.562. The van der Waals surface area contributed by atoms with Crippen molar-refractivity contribution in [2.24, 2.45) is 5.92 Å². The fourth-order valence-electron chi connectivity index (χ4n) is 3.24.